The van der Waals surface area contributed by atoms with Crippen LogP contribution in [-0.2, 0) is 19.5 Å². The van der Waals surface area contributed by atoms with Crippen LogP contribution in [0.2, 0.25) is 5.02 Å². The van der Waals surface area contributed by atoms with Gasteiger partial charge in [0.05, 0.1) is 10.6 Å². The molecular formula is C20H17ClN4S. The first-order chi connectivity index (χ1) is 12.8. The molecule has 0 spiro atoms. The van der Waals surface area contributed by atoms with Gasteiger partial charge in [-0.05, 0) is 35.2 Å². The van der Waals surface area contributed by atoms with Crippen molar-refractivity contribution in [2.75, 3.05) is 6.54 Å². The minimum atomic E-state index is 0.775. The van der Waals surface area contributed by atoms with Crippen molar-refractivity contribution < 1.29 is 0 Å². The van der Waals surface area contributed by atoms with Gasteiger partial charge in [0.2, 0.25) is 0 Å². The Balaban J connectivity index is 1.38. The summed E-state index contributed by atoms with van der Waals surface area (Å²) in [6.45, 7) is 2.78. The van der Waals surface area contributed by atoms with Crippen LogP contribution in [0.4, 0.5) is 0 Å². The smallest absolute Gasteiger partial charge is 0.169 e. The molecule has 0 fully saturated rings. The summed E-state index contributed by atoms with van der Waals surface area (Å²) in [5, 5.41) is 4.04. The van der Waals surface area contributed by atoms with Crippen LogP contribution in [0.5, 0.6) is 0 Å². The Morgan fingerprint density at radius 3 is 3.12 bits per heavy atom. The minimum Gasteiger partial charge on any atom is -0.361 e. The van der Waals surface area contributed by atoms with E-state index >= 15 is 0 Å². The van der Waals surface area contributed by atoms with E-state index in [0.717, 1.165) is 47.3 Å². The number of halogens is 1. The van der Waals surface area contributed by atoms with Crippen molar-refractivity contribution in [2.45, 2.75) is 19.5 Å². The van der Waals surface area contributed by atoms with Crippen molar-refractivity contribution >= 4 is 33.8 Å². The molecule has 0 radical (unpaired) electrons. The van der Waals surface area contributed by atoms with Gasteiger partial charge >= 0.3 is 0 Å². The van der Waals surface area contributed by atoms with Crippen molar-refractivity contribution in [1.82, 2.24) is 19.9 Å². The molecule has 0 atom stereocenters. The molecule has 6 heteroatoms. The number of aromatic nitrogens is 3. The van der Waals surface area contributed by atoms with Crippen LogP contribution >= 0.6 is 22.9 Å². The number of benzene rings is 1. The number of nitrogens with one attached hydrogen (secondary N) is 1. The quantitative estimate of drug-likeness (QED) is 0.550. The van der Waals surface area contributed by atoms with Gasteiger partial charge in [0.1, 0.15) is 0 Å². The Kier molecular flexibility index (Phi) is 4.00. The van der Waals surface area contributed by atoms with E-state index < -0.39 is 0 Å². The molecule has 0 saturated heterocycles. The largest absolute Gasteiger partial charge is 0.361 e. The summed E-state index contributed by atoms with van der Waals surface area (Å²) in [7, 11) is 0. The van der Waals surface area contributed by atoms with E-state index in [1.165, 1.54) is 22.2 Å². The molecule has 4 heterocycles. The standard InChI is InChI=1S/C20H17ClN4S/c21-15-3-4-18-16(8-15)13(9-22-18)11-25-6-5-17-14(12-25)10-23-20(24-17)19-2-1-7-26-19/h1-4,7-10,22H,5-6,11-12H2. The molecule has 130 valence electrons. The van der Waals surface area contributed by atoms with Crippen LogP contribution < -0.4 is 0 Å². The van der Waals surface area contributed by atoms with Gasteiger partial charge < -0.3 is 4.98 Å². The fourth-order valence-electron chi connectivity index (χ4n) is 3.56. The van der Waals surface area contributed by atoms with E-state index in [2.05, 4.69) is 32.5 Å². The topological polar surface area (TPSA) is 44.8 Å². The monoisotopic (exact) mass is 380 g/mol. The fraction of sp³-hybridized carbons (Fsp3) is 0.200. The number of aromatic amines is 1. The zero-order valence-corrected chi connectivity index (χ0v) is 15.6. The van der Waals surface area contributed by atoms with Gasteiger partial charge in [-0.2, -0.15) is 0 Å². The summed E-state index contributed by atoms with van der Waals surface area (Å²) in [5.41, 5.74) is 4.82. The summed E-state index contributed by atoms with van der Waals surface area (Å²) in [4.78, 5) is 16.3. The predicted octanol–water partition coefficient (Wildman–Crippen LogP) is 4.90. The maximum Gasteiger partial charge on any atom is 0.169 e. The highest BCUT2D eigenvalue weighted by Crippen LogP contribution is 2.27. The Bertz CT molecular complexity index is 1070. The van der Waals surface area contributed by atoms with Crippen molar-refractivity contribution in [2.24, 2.45) is 0 Å². The van der Waals surface area contributed by atoms with Gasteiger partial charge in [0.25, 0.3) is 0 Å². The van der Waals surface area contributed by atoms with Crippen molar-refractivity contribution in [3.05, 3.63) is 69.9 Å². The van der Waals surface area contributed by atoms with Gasteiger partial charge in [-0.15, -0.1) is 11.3 Å². The second kappa shape index (κ2) is 6.50. The number of rotatable bonds is 3. The Morgan fingerprint density at radius 1 is 1.27 bits per heavy atom. The van der Waals surface area contributed by atoms with Gasteiger partial charge in [0.15, 0.2) is 5.82 Å². The summed E-state index contributed by atoms with van der Waals surface area (Å²) in [6.07, 6.45) is 5.04. The third-order valence-corrected chi connectivity index (χ3v) is 5.98. The van der Waals surface area contributed by atoms with Gasteiger partial charge in [-0.1, -0.05) is 17.7 Å². The number of nitrogens with zero attached hydrogens (tertiary/aromatic N) is 3. The number of thiophene rings is 1. The van der Waals surface area contributed by atoms with E-state index in [1.54, 1.807) is 11.3 Å². The van der Waals surface area contributed by atoms with Gasteiger partial charge in [-0.25, -0.2) is 9.97 Å². The molecule has 1 aliphatic rings. The lowest BCUT2D eigenvalue weighted by atomic mass is 10.1. The SMILES string of the molecule is Clc1ccc2[nH]cc(CN3CCc4nc(-c5cccs5)ncc4C3)c2c1. The molecule has 1 aliphatic heterocycles. The highest BCUT2D eigenvalue weighted by Gasteiger charge is 2.20. The average Bonchev–Trinajstić information content (AvgIpc) is 3.32. The Hall–Kier alpha value is -2.21. The molecular weight excluding hydrogens is 364 g/mol. The molecule has 4 aromatic rings. The molecule has 3 aromatic heterocycles. The van der Waals surface area contributed by atoms with E-state index in [-0.39, 0.29) is 0 Å². The first-order valence-corrected chi connectivity index (χ1v) is 9.88. The van der Waals surface area contributed by atoms with E-state index in [1.807, 2.05) is 30.5 Å². The van der Waals surface area contributed by atoms with Crippen molar-refractivity contribution in [3.63, 3.8) is 0 Å². The molecule has 1 N–H and O–H groups in total. The van der Waals surface area contributed by atoms with Crippen LogP contribution in [-0.4, -0.2) is 26.4 Å². The lowest BCUT2D eigenvalue weighted by Crippen LogP contribution is -2.30. The van der Waals surface area contributed by atoms with Crippen LogP contribution in [0.25, 0.3) is 21.6 Å². The second-order valence-corrected chi connectivity index (χ2v) is 7.99. The van der Waals surface area contributed by atoms with Crippen LogP contribution in [0.15, 0.2) is 48.1 Å². The van der Waals surface area contributed by atoms with E-state index in [4.69, 9.17) is 16.6 Å². The molecule has 0 bridgehead atoms. The molecule has 0 unspecified atom stereocenters. The normalized spacial score (nSPS) is 14.7. The van der Waals surface area contributed by atoms with Crippen LogP contribution in [0.3, 0.4) is 0 Å². The maximum absolute atomic E-state index is 6.17. The molecule has 0 saturated carbocycles. The zero-order valence-electron chi connectivity index (χ0n) is 14.1. The van der Waals surface area contributed by atoms with Crippen LogP contribution in [0.1, 0.15) is 16.8 Å². The Morgan fingerprint density at radius 2 is 2.23 bits per heavy atom. The third kappa shape index (κ3) is 2.92. The van der Waals surface area contributed by atoms with E-state index in [9.17, 15) is 0 Å². The first-order valence-electron chi connectivity index (χ1n) is 8.63. The number of hydrogen-bond donors (Lipinski definition) is 1. The lowest BCUT2D eigenvalue weighted by Gasteiger charge is -2.27. The Labute approximate surface area is 160 Å². The first kappa shape index (κ1) is 16.0. The van der Waals surface area contributed by atoms with E-state index in [0.29, 0.717) is 0 Å². The summed E-state index contributed by atoms with van der Waals surface area (Å²) in [5.74, 6) is 0.846. The van der Waals surface area contributed by atoms with Crippen molar-refractivity contribution in [3.8, 4) is 10.7 Å². The summed E-state index contributed by atoms with van der Waals surface area (Å²) in [6, 6.07) is 10.1. The van der Waals surface area contributed by atoms with Crippen LogP contribution in [0, 0.1) is 0 Å². The summed E-state index contributed by atoms with van der Waals surface area (Å²) >= 11 is 7.85. The number of H-pyrrole nitrogens is 1. The molecule has 0 amide bonds. The molecule has 5 rings (SSSR count). The molecule has 0 aliphatic carbocycles. The zero-order chi connectivity index (χ0) is 17.5. The minimum absolute atomic E-state index is 0.775. The molecule has 4 nitrogen and oxygen atoms in total. The number of hydrogen-bond acceptors (Lipinski definition) is 4. The van der Waals surface area contributed by atoms with Gasteiger partial charge in [0, 0.05) is 59.9 Å². The highest BCUT2D eigenvalue weighted by atomic mass is 35.5. The average molecular weight is 381 g/mol. The lowest BCUT2D eigenvalue weighted by molar-refractivity contribution is 0.244. The maximum atomic E-state index is 6.17. The molecule has 26 heavy (non-hydrogen) atoms. The highest BCUT2D eigenvalue weighted by molar-refractivity contribution is 7.13. The second-order valence-electron chi connectivity index (χ2n) is 6.61. The number of fused-ring (bicyclic) bond motifs is 2. The summed E-state index contributed by atoms with van der Waals surface area (Å²) < 4.78 is 0. The third-order valence-electron chi connectivity index (χ3n) is 4.88. The fourth-order valence-corrected chi connectivity index (χ4v) is 4.39. The molecule has 1 aromatic carbocycles. The van der Waals surface area contributed by atoms with Gasteiger partial charge in [-0.3, -0.25) is 4.90 Å². The predicted molar refractivity (Wildman–Crippen MR) is 106 cm³/mol. The van der Waals surface area contributed by atoms with Crippen molar-refractivity contribution in [1.29, 1.82) is 0 Å².